The van der Waals surface area contributed by atoms with E-state index >= 15 is 0 Å². The van der Waals surface area contributed by atoms with E-state index in [2.05, 4.69) is 6.92 Å². The monoisotopic (exact) mass is 250 g/mol. The highest BCUT2D eigenvalue weighted by Gasteiger charge is 2.27. The molecular formula is C16H23FO. The summed E-state index contributed by atoms with van der Waals surface area (Å²) < 4.78 is 13.3. The van der Waals surface area contributed by atoms with Gasteiger partial charge in [0.2, 0.25) is 0 Å². The molecule has 1 N–H and O–H groups in total. The first-order chi connectivity index (χ1) is 8.61. The molecule has 0 bridgehead atoms. The van der Waals surface area contributed by atoms with E-state index in [9.17, 15) is 9.50 Å². The molecule has 1 unspecified atom stereocenters. The number of aliphatic hydroxyl groups is 1. The van der Waals surface area contributed by atoms with Gasteiger partial charge in [-0.25, -0.2) is 4.39 Å². The van der Waals surface area contributed by atoms with Crippen molar-refractivity contribution in [3.63, 3.8) is 0 Å². The van der Waals surface area contributed by atoms with Crippen LogP contribution in [0.5, 0.6) is 0 Å². The Balaban J connectivity index is 2.07. The van der Waals surface area contributed by atoms with Gasteiger partial charge in [0.05, 0.1) is 6.10 Å². The lowest BCUT2D eigenvalue weighted by Crippen LogP contribution is -2.20. The number of hydrogen-bond donors (Lipinski definition) is 1. The topological polar surface area (TPSA) is 20.2 Å². The van der Waals surface area contributed by atoms with Gasteiger partial charge in [-0.3, -0.25) is 0 Å². The van der Waals surface area contributed by atoms with Crippen LogP contribution in [0, 0.1) is 24.6 Å². The van der Waals surface area contributed by atoms with Crippen molar-refractivity contribution in [2.75, 3.05) is 0 Å². The largest absolute Gasteiger partial charge is 0.388 e. The summed E-state index contributed by atoms with van der Waals surface area (Å²) in [6, 6.07) is 4.71. The van der Waals surface area contributed by atoms with Crippen LogP contribution < -0.4 is 0 Å². The summed E-state index contributed by atoms with van der Waals surface area (Å²) in [7, 11) is 0. The molecule has 2 rings (SSSR count). The van der Waals surface area contributed by atoms with Crippen LogP contribution in [0.1, 0.15) is 56.3 Å². The summed E-state index contributed by atoms with van der Waals surface area (Å²) in [5.41, 5.74) is 1.76. The molecule has 0 heterocycles. The molecular weight excluding hydrogens is 227 g/mol. The number of aliphatic hydroxyl groups excluding tert-OH is 1. The molecule has 100 valence electrons. The first-order valence-corrected chi connectivity index (χ1v) is 7.06. The van der Waals surface area contributed by atoms with Crippen molar-refractivity contribution in [1.82, 2.24) is 0 Å². The van der Waals surface area contributed by atoms with Gasteiger partial charge in [0.15, 0.2) is 0 Å². The fraction of sp³-hybridized carbons (Fsp3) is 0.625. The van der Waals surface area contributed by atoms with E-state index in [0.717, 1.165) is 29.9 Å². The van der Waals surface area contributed by atoms with E-state index in [-0.39, 0.29) is 5.82 Å². The van der Waals surface area contributed by atoms with Crippen LogP contribution in [-0.2, 0) is 0 Å². The van der Waals surface area contributed by atoms with E-state index in [4.69, 9.17) is 0 Å². The Hall–Kier alpha value is -0.890. The number of hydrogen-bond acceptors (Lipinski definition) is 1. The van der Waals surface area contributed by atoms with Crippen molar-refractivity contribution in [3.05, 3.63) is 35.1 Å². The Kier molecular flexibility index (Phi) is 4.39. The van der Waals surface area contributed by atoms with Crippen molar-refractivity contribution in [2.24, 2.45) is 11.8 Å². The van der Waals surface area contributed by atoms with E-state index in [1.54, 1.807) is 6.07 Å². The van der Waals surface area contributed by atoms with E-state index < -0.39 is 6.10 Å². The van der Waals surface area contributed by atoms with Crippen LogP contribution in [0.3, 0.4) is 0 Å². The number of benzene rings is 1. The average Bonchev–Trinajstić information content (AvgIpc) is 2.41. The fourth-order valence-electron chi connectivity index (χ4n) is 3.10. The van der Waals surface area contributed by atoms with Gasteiger partial charge < -0.3 is 5.11 Å². The van der Waals surface area contributed by atoms with Crippen molar-refractivity contribution in [3.8, 4) is 0 Å². The summed E-state index contributed by atoms with van der Waals surface area (Å²) in [5, 5.41) is 10.4. The van der Waals surface area contributed by atoms with E-state index in [1.165, 1.54) is 31.4 Å². The van der Waals surface area contributed by atoms with Gasteiger partial charge in [0, 0.05) is 0 Å². The molecule has 0 aromatic heterocycles. The summed E-state index contributed by atoms with van der Waals surface area (Å²) in [5.74, 6) is 0.868. The molecule has 1 atom stereocenters. The summed E-state index contributed by atoms with van der Waals surface area (Å²) >= 11 is 0. The maximum atomic E-state index is 13.3. The minimum atomic E-state index is -0.501. The Bertz CT molecular complexity index is 394. The molecule has 1 aromatic carbocycles. The molecule has 0 radical (unpaired) electrons. The molecule has 1 aliphatic carbocycles. The predicted octanol–water partition coefficient (Wildman–Crippen LogP) is 4.38. The molecule has 0 saturated heterocycles. The van der Waals surface area contributed by atoms with Gasteiger partial charge >= 0.3 is 0 Å². The molecule has 0 amide bonds. The predicted molar refractivity (Wildman–Crippen MR) is 71.8 cm³/mol. The molecule has 1 aromatic rings. The second-order valence-electron chi connectivity index (χ2n) is 5.63. The molecule has 18 heavy (non-hydrogen) atoms. The molecule has 0 spiro atoms. The van der Waals surface area contributed by atoms with Gasteiger partial charge in [-0.05, 0) is 54.9 Å². The van der Waals surface area contributed by atoms with E-state index in [1.807, 2.05) is 6.92 Å². The van der Waals surface area contributed by atoms with Crippen LogP contribution in [0.25, 0.3) is 0 Å². The zero-order valence-electron chi connectivity index (χ0n) is 11.3. The summed E-state index contributed by atoms with van der Waals surface area (Å²) in [6.45, 7) is 4.17. The van der Waals surface area contributed by atoms with Crippen LogP contribution in [-0.4, -0.2) is 5.11 Å². The average molecular weight is 250 g/mol. The van der Waals surface area contributed by atoms with Crippen LogP contribution in [0.15, 0.2) is 18.2 Å². The zero-order chi connectivity index (χ0) is 13.1. The lowest BCUT2D eigenvalue weighted by molar-refractivity contribution is 0.0722. The first-order valence-electron chi connectivity index (χ1n) is 7.06. The Labute approximate surface area is 109 Å². The highest BCUT2D eigenvalue weighted by molar-refractivity contribution is 5.29. The van der Waals surface area contributed by atoms with Crippen molar-refractivity contribution in [2.45, 2.75) is 52.1 Å². The second-order valence-corrected chi connectivity index (χ2v) is 5.63. The maximum absolute atomic E-state index is 13.3. The van der Waals surface area contributed by atoms with Crippen molar-refractivity contribution < 1.29 is 9.50 Å². The quantitative estimate of drug-likeness (QED) is 0.843. The Morgan fingerprint density at radius 3 is 2.56 bits per heavy atom. The zero-order valence-corrected chi connectivity index (χ0v) is 11.3. The second kappa shape index (κ2) is 5.83. The van der Waals surface area contributed by atoms with Crippen molar-refractivity contribution in [1.29, 1.82) is 0 Å². The third-order valence-electron chi connectivity index (χ3n) is 4.48. The standard InChI is InChI=1S/C16H23FO/c1-3-12-5-7-13(8-6-12)16(18)15-10-14(17)9-4-11(15)2/h4,9-10,12-13,16,18H,3,5-8H2,1-2H3. The molecule has 1 nitrogen and oxygen atoms in total. The number of halogens is 1. The van der Waals surface area contributed by atoms with E-state index in [0.29, 0.717) is 5.92 Å². The molecule has 1 aliphatic rings. The third kappa shape index (κ3) is 2.92. The Morgan fingerprint density at radius 2 is 1.94 bits per heavy atom. The van der Waals surface area contributed by atoms with Crippen LogP contribution in [0.4, 0.5) is 4.39 Å². The molecule has 2 heteroatoms. The highest BCUT2D eigenvalue weighted by atomic mass is 19.1. The SMILES string of the molecule is CCC1CCC(C(O)c2cc(F)ccc2C)CC1. The maximum Gasteiger partial charge on any atom is 0.123 e. The summed E-state index contributed by atoms with van der Waals surface area (Å²) in [6.07, 6.45) is 5.27. The van der Waals surface area contributed by atoms with Gasteiger partial charge in [-0.15, -0.1) is 0 Å². The van der Waals surface area contributed by atoms with Crippen molar-refractivity contribution >= 4 is 0 Å². The van der Waals surface area contributed by atoms with Gasteiger partial charge in [0.25, 0.3) is 0 Å². The first kappa shape index (κ1) is 13.5. The molecule has 1 fully saturated rings. The summed E-state index contributed by atoms with van der Waals surface area (Å²) in [4.78, 5) is 0. The number of aryl methyl sites for hydroxylation is 1. The van der Waals surface area contributed by atoms with Gasteiger partial charge in [-0.2, -0.15) is 0 Å². The lowest BCUT2D eigenvalue weighted by atomic mass is 9.76. The van der Waals surface area contributed by atoms with Gasteiger partial charge in [0.1, 0.15) is 5.82 Å². The normalized spacial score (nSPS) is 26.0. The third-order valence-corrected chi connectivity index (χ3v) is 4.48. The van der Waals surface area contributed by atoms with Crippen LogP contribution >= 0.6 is 0 Å². The smallest absolute Gasteiger partial charge is 0.123 e. The van der Waals surface area contributed by atoms with Gasteiger partial charge in [-0.1, -0.05) is 32.3 Å². The fourth-order valence-corrected chi connectivity index (χ4v) is 3.10. The molecule has 0 aliphatic heterocycles. The number of rotatable bonds is 3. The minimum Gasteiger partial charge on any atom is -0.388 e. The molecule has 1 saturated carbocycles. The van der Waals surface area contributed by atoms with Crippen LogP contribution in [0.2, 0.25) is 0 Å². The Morgan fingerprint density at radius 1 is 1.28 bits per heavy atom. The lowest BCUT2D eigenvalue weighted by Gasteiger charge is -2.31. The minimum absolute atomic E-state index is 0.253. The highest BCUT2D eigenvalue weighted by Crippen LogP contribution is 2.38.